The van der Waals surface area contributed by atoms with Crippen molar-refractivity contribution in [3.8, 4) is 0 Å². The molecule has 0 saturated heterocycles. The molecule has 0 bridgehead atoms. The van der Waals surface area contributed by atoms with E-state index >= 15 is 0 Å². The molecular formula is C11H12BrNO. The topological polar surface area (TPSA) is 29.1 Å². The number of carbonyl (C=O) groups excluding carboxylic acids is 1. The van der Waals surface area contributed by atoms with Crippen molar-refractivity contribution in [2.75, 3.05) is 5.32 Å². The number of rotatable bonds is 2. The first-order valence-corrected chi connectivity index (χ1v) is 5.62. The van der Waals surface area contributed by atoms with Crippen LogP contribution in [-0.2, 0) is 4.79 Å². The van der Waals surface area contributed by atoms with Gasteiger partial charge in [0, 0.05) is 10.4 Å². The third-order valence-electron chi connectivity index (χ3n) is 2.61. The molecule has 74 valence electrons. The first-order valence-electron chi connectivity index (χ1n) is 4.83. The summed E-state index contributed by atoms with van der Waals surface area (Å²) in [6, 6.07) is 7.68. The van der Waals surface area contributed by atoms with Gasteiger partial charge in [-0.2, -0.15) is 0 Å². The van der Waals surface area contributed by atoms with Crippen molar-refractivity contribution < 1.29 is 4.79 Å². The van der Waals surface area contributed by atoms with E-state index < -0.39 is 0 Å². The fourth-order valence-electron chi connectivity index (χ4n) is 1.47. The molecule has 0 aliphatic heterocycles. The highest BCUT2D eigenvalue weighted by Crippen LogP contribution is 2.29. The van der Waals surface area contributed by atoms with Crippen LogP contribution in [0.25, 0.3) is 0 Å². The van der Waals surface area contributed by atoms with Crippen LogP contribution < -0.4 is 5.32 Å². The Morgan fingerprint density at radius 2 is 2.07 bits per heavy atom. The summed E-state index contributed by atoms with van der Waals surface area (Å²) >= 11 is 3.40. The van der Waals surface area contributed by atoms with E-state index in [4.69, 9.17) is 0 Å². The number of benzene rings is 1. The van der Waals surface area contributed by atoms with Crippen LogP contribution in [0.15, 0.2) is 28.7 Å². The molecule has 1 aliphatic rings. The van der Waals surface area contributed by atoms with Gasteiger partial charge in [0.1, 0.15) is 0 Å². The number of hydrogen-bond donors (Lipinski definition) is 1. The number of anilines is 1. The van der Waals surface area contributed by atoms with Crippen molar-refractivity contribution >= 4 is 27.5 Å². The highest BCUT2D eigenvalue weighted by molar-refractivity contribution is 9.10. The molecule has 1 saturated carbocycles. The lowest BCUT2D eigenvalue weighted by atomic mass is 9.85. The van der Waals surface area contributed by atoms with E-state index in [2.05, 4.69) is 21.2 Å². The van der Waals surface area contributed by atoms with Gasteiger partial charge in [-0.15, -0.1) is 0 Å². The lowest BCUT2D eigenvalue weighted by Gasteiger charge is -2.24. The summed E-state index contributed by atoms with van der Waals surface area (Å²) in [5, 5.41) is 2.93. The summed E-state index contributed by atoms with van der Waals surface area (Å²) in [5.41, 5.74) is 0.865. The van der Waals surface area contributed by atoms with Gasteiger partial charge in [-0.25, -0.2) is 0 Å². The van der Waals surface area contributed by atoms with Crippen LogP contribution >= 0.6 is 15.9 Å². The van der Waals surface area contributed by atoms with Crippen LogP contribution in [0.3, 0.4) is 0 Å². The molecule has 1 aromatic rings. The fourth-order valence-corrected chi connectivity index (χ4v) is 1.85. The van der Waals surface area contributed by atoms with Crippen molar-refractivity contribution in [2.24, 2.45) is 5.92 Å². The molecule has 2 rings (SSSR count). The molecule has 0 atom stereocenters. The predicted octanol–water partition coefficient (Wildman–Crippen LogP) is 3.19. The molecule has 0 aromatic heterocycles. The highest BCUT2D eigenvalue weighted by atomic mass is 79.9. The third-order valence-corrected chi connectivity index (χ3v) is 3.30. The van der Waals surface area contributed by atoms with Gasteiger partial charge in [0.25, 0.3) is 0 Å². The number of nitrogens with one attached hydrogen (secondary N) is 1. The third kappa shape index (κ3) is 1.98. The van der Waals surface area contributed by atoms with E-state index in [1.807, 2.05) is 24.3 Å². The average molecular weight is 254 g/mol. The maximum atomic E-state index is 11.6. The Bertz CT molecular complexity index is 347. The van der Waals surface area contributed by atoms with Gasteiger partial charge in [-0.1, -0.05) is 18.6 Å². The van der Waals surface area contributed by atoms with Gasteiger partial charge in [-0.05, 0) is 40.9 Å². The lowest BCUT2D eigenvalue weighted by Crippen LogP contribution is -2.28. The van der Waals surface area contributed by atoms with Crippen LogP contribution in [0.2, 0.25) is 0 Å². The molecule has 0 spiro atoms. The van der Waals surface area contributed by atoms with E-state index in [1.165, 1.54) is 6.42 Å². The zero-order chi connectivity index (χ0) is 9.97. The number of hydrogen-bond acceptors (Lipinski definition) is 1. The van der Waals surface area contributed by atoms with Crippen LogP contribution in [0.4, 0.5) is 5.69 Å². The predicted molar refractivity (Wildman–Crippen MR) is 60.1 cm³/mol. The summed E-state index contributed by atoms with van der Waals surface area (Å²) in [6.07, 6.45) is 3.26. The summed E-state index contributed by atoms with van der Waals surface area (Å²) in [4.78, 5) is 11.6. The molecule has 1 fully saturated rings. The Hall–Kier alpha value is -0.830. The number of amides is 1. The molecule has 0 unspecified atom stereocenters. The SMILES string of the molecule is O=C(Nc1ccccc1Br)C1CCC1. The van der Waals surface area contributed by atoms with Gasteiger partial charge in [0.05, 0.1) is 5.69 Å². The molecule has 14 heavy (non-hydrogen) atoms. The monoisotopic (exact) mass is 253 g/mol. The Balaban J connectivity index is 2.03. The molecular weight excluding hydrogens is 242 g/mol. The minimum Gasteiger partial charge on any atom is -0.325 e. The second-order valence-corrected chi connectivity index (χ2v) is 4.45. The zero-order valence-corrected chi connectivity index (χ0v) is 9.38. The Morgan fingerprint density at radius 3 is 2.64 bits per heavy atom. The van der Waals surface area contributed by atoms with Gasteiger partial charge >= 0.3 is 0 Å². The van der Waals surface area contributed by atoms with Crippen LogP contribution in [0, 0.1) is 5.92 Å². The van der Waals surface area contributed by atoms with E-state index in [9.17, 15) is 4.79 Å². The zero-order valence-electron chi connectivity index (χ0n) is 7.79. The van der Waals surface area contributed by atoms with Crippen molar-refractivity contribution in [3.63, 3.8) is 0 Å². The molecule has 0 radical (unpaired) electrons. The first-order chi connectivity index (χ1) is 6.77. The summed E-state index contributed by atoms with van der Waals surface area (Å²) in [6.45, 7) is 0. The molecule has 1 aromatic carbocycles. The number of carbonyl (C=O) groups is 1. The maximum Gasteiger partial charge on any atom is 0.227 e. The van der Waals surface area contributed by atoms with E-state index in [0.717, 1.165) is 23.0 Å². The van der Waals surface area contributed by atoms with Gasteiger partial charge in [0.2, 0.25) is 5.91 Å². The standard InChI is InChI=1S/C11H12BrNO/c12-9-6-1-2-7-10(9)13-11(14)8-4-3-5-8/h1-2,6-8H,3-5H2,(H,13,14). The fraction of sp³-hybridized carbons (Fsp3) is 0.364. The van der Waals surface area contributed by atoms with Gasteiger partial charge in [0.15, 0.2) is 0 Å². The summed E-state index contributed by atoms with van der Waals surface area (Å²) < 4.78 is 0.938. The maximum absolute atomic E-state index is 11.6. The second-order valence-electron chi connectivity index (χ2n) is 3.60. The number of halogens is 1. The normalized spacial score (nSPS) is 16.1. The molecule has 3 heteroatoms. The van der Waals surface area contributed by atoms with Crippen LogP contribution in [-0.4, -0.2) is 5.91 Å². The smallest absolute Gasteiger partial charge is 0.227 e. The van der Waals surface area contributed by atoms with E-state index in [0.29, 0.717) is 0 Å². The van der Waals surface area contributed by atoms with Gasteiger partial charge in [-0.3, -0.25) is 4.79 Å². The Morgan fingerprint density at radius 1 is 1.36 bits per heavy atom. The minimum absolute atomic E-state index is 0.156. The van der Waals surface area contributed by atoms with Gasteiger partial charge < -0.3 is 5.32 Å². The van der Waals surface area contributed by atoms with E-state index in [1.54, 1.807) is 0 Å². The van der Waals surface area contributed by atoms with Crippen molar-refractivity contribution in [3.05, 3.63) is 28.7 Å². The molecule has 0 heterocycles. The minimum atomic E-state index is 0.156. The summed E-state index contributed by atoms with van der Waals surface area (Å²) in [7, 11) is 0. The average Bonchev–Trinajstić information content (AvgIpc) is 2.05. The largest absolute Gasteiger partial charge is 0.325 e. The molecule has 2 nitrogen and oxygen atoms in total. The quantitative estimate of drug-likeness (QED) is 0.862. The lowest BCUT2D eigenvalue weighted by molar-refractivity contribution is -0.122. The first kappa shape index (κ1) is 9.71. The van der Waals surface area contributed by atoms with Crippen molar-refractivity contribution in [2.45, 2.75) is 19.3 Å². The van der Waals surface area contributed by atoms with Crippen LogP contribution in [0.5, 0.6) is 0 Å². The Labute approximate surface area is 91.8 Å². The van der Waals surface area contributed by atoms with Crippen LogP contribution in [0.1, 0.15) is 19.3 Å². The van der Waals surface area contributed by atoms with Crippen molar-refractivity contribution in [1.82, 2.24) is 0 Å². The van der Waals surface area contributed by atoms with Crippen molar-refractivity contribution in [1.29, 1.82) is 0 Å². The molecule has 1 amide bonds. The summed E-state index contributed by atoms with van der Waals surface area (Å²) in [5.74, 6) is 0.394. The molecule has 1 aliphatic carbocycles. The number of para-hydroxylation sites is 1. The van der Waals surface area contributed by atoms with E-state index in [-0.39, 0.29) is 11.8 Å². The second kappa shape index (κ2) is 4.13. The highest BCUT2D eigenvalue weighted by Gasteiger charge is 2.25. The molecule has 1 N–H and O–H groups in total. The Kier molecular flexibility index (Phi) is 2.87.